The SMILES string of the molecule is Cc1cc(Cl)cc2sc(N(Cc3ccccn3)C(=O)c3ccc4c(c3)OCCO4)nc12. The van der Waals surface area contributed by atoms with Crippen LogP contribution in [0.1, 0.15) is 21.6 Å². The molecule has 0 saturated carbocycles. The van der Waals surface area contributed by atoms with Crippen molar-refractivity contribution in [1.29, 1.82) is 0 Å². The molecule has 0 aliphatic carbocycles. The van der Waals surface area contributed by atoms with Crippen LogP contribution in [0.15, 0.2) is 54.7 Å². The monoisotopic (exact) mass is 451 g/mol. The topological polar surface area (TPSA) is 64.6 Å². The summed E-state index contributed by atoms with van der Waals surface area (Å²) in [5.74, 6) is 1.02. The third-order valence-corrected chi connectivity index (χ3v) is 6.19. The number of ether oxygens (including phenoxy) is 2. The van der Waals surface area contributed by atoms with Gasteiger partial charge in [-0.2, -0.15) is 0 Å². The Labute approximate surface area is 188 Å². The normalized spacial score (nSPS) is 12.7. The molecule has 31 heavy (non-hydrogen) atoms. The van der Waals surface area contributed by atoms with Gasteiger partial charge in [-0.05, 0) is 55.0 Å². The quantitative estimate of drug-likeness (QED) is 0.423. The Bertz CT molecular complexity index is 1280. The molecule has 1 aliphatic heterocycles. The maximum Gasteiger partial charge on any atom is 0.260 e. The first-order chi connectivity index (χ1) is 15.1. The Hall–Kier alpha value is -3.16. The second-order valence-electron chi connectivity index (χ2n) is 7.14. The van der Waals surface area contributed by atoms with Crippen LogP contribution in [0.2, 0.25) is 5.02 Å². The van der Waals surface area contributed by atoms with Gasteiger partial charge in [0.15, 0.2) is 16.6 Å². The van der Waals surface area contributed by atoms with Gasteiger partial charge in [-0.25, -0.2) is 4.98 Å². The number of fused-ring (bicyclic) bond motifs is 2. The number of anilines is 1. The van der Waals surface area contributed by atoms with Crippen LogP contribution in [0.4, 0.5) is 5.13 Å². The average molecular weight is 452 g/mol. The molecule has 3 heterocycles. The number of pyridine rings is 1. The maximum atomic E-state index is 13.6. The zero-order valence-electron chi connectivity index (χ0n) is 16.7. The standard InChI is InChI=1S/C23H18ClN3O3S/c1-14-10-16(24)12-20-21(14)26-23(31-20)27(13-17-4-2-3-7-25-17)22(28)15-5-6-18-19(11-15)30-9-8-29-18/h2-7,10-12H,8-9,13H2,1H3. The van der Waals surface area contributed by atoms with Crippen LogP contribution in [0, 0.1) is 6.92 Å². The molecule has 0 bridgehead atoms. The van der Waals surface area contributed by atoms with Gasteiger partial charge in [-0.1, -0.05) is 29.0 Å². The predicted molar refractivity (Wildman–Crippen MR) is 122 cm³/mol. The van der Waals surface area contributed by atoms with Crippen LogP contribution < -0.4 is 14.4 Å². The number of hydrogen-bond donors (Lipinski definition) is 0. The molecule has 0 fully saturated rings. The smallest absolute Gasteiger partial charge is 0.260 e. The summed E-state index contributed by atoms with van der Waals surface area (Å²) < 4.78 is 12.2. The van der Waals surface area contributed by atoms with Gasteiger partial charge in [0.05, 0.1) is 22.5 Å². The highest BCUT2D eigenvalue weighted by atomic mass is 35.5. The molecule has 1 amide bonds. The molecule has 0 unspecified atom stereocenters. The largest absolute Gasteiger partial charge is 0.486 e. The Kier molecular flexibility index (Phi) is 5.21. The lowest BCUT2D eigenvalue weighted by Crippen LogP contribution is -2.31. The van der Waals surface area contributed by atoms with Crippen molar-refractivity contribution in [1.82, 2.24) is 9.97 Å². The number of thiazole rings is 1. The lowest BCUT2D eigenvalue weighted by Gasteiger charge is -2.22. The van der Waals surface area contributed by atoms with Gasteiger partial charge >= 0.3 is 0 Å². The van der Waals surface area contributed by atoms with E-state index in [-0.39, 0.29) is 5.91 Å². The fraction of sp³-hybridized carbons (Fsp3) is 0.174. The van der Waals surface area contributed by atoms with Crippen LogP contribution in [0.5, 0.6) is 11.5 Å². The molecule has 0 spiro atoms. The lowest BCUT2D eigenvalue weighted by molar-refractivity contribution is 0.0983. The minimum absolute atomic E-state index is 0.189. The molecule has 156 valence electrons. The number of carbonyl (C=O) groups excluding carboxylic acids is 1. The van der Waals surface area contributed by atoms with Crippen molar-refractivity contribution < 1.29 is 14.3 Å². The van der Waals surface area contributed by atoms with Crippen molar-refractivity contribution >= 4 is 44.2 Å². The maximum absolute atomic E-state index is 13.6. The summed E-state index contributed by atoms with van der Waals surface area (Å²) in [7, 11) is 0. The zero-order valence-corrected chi connectivity index (χ0v) is 18.2. The summed E-state index contributed by atoms with van der Waals surface area (Å²) in [5.41, 5.74) is 3.07. The fourth-order valence-electron chi connectivity index (χ4n) is 3.47. The van der Waals surface area contributed by atoms with Crippen molar-refractivity contribution in [3.63, 3.8) is 0 Å². The summed E-state index contributed by atoms with van der Waals surface area (Å²) in [6, 6.07) is 14.6. The van der Waals surface area contributed by atoms with Crippen molar-refractivity contribution in [3.8, 4) is 11.5 Å². The number of aryl methyl sites for hydroxylation is 1. The summed E-state index contributed by atoms with van der Waals surface area (Å²) in [4.78, 5) is 24.4. The molecule has 2 aromatic heterocycles. The molecule has 1 aliphatic rings. The van der Waals surface area contributed by atoms with E-state index in [9.17, 15) is 4.79 Å². The first kappa shape index (κ1) is 19.8. The third-order valence-electron chi connectivity index (χ3n) is 4.95. The van der Waals surface area contributed by atoms with E-state index in [1.807, 2.05) is 37.3 Å². The van der Waals surface area contributed by atoms with E-state index < -0.39 is 0 Å². The number of aromatic nitrogens is 2. The van der Waals surface area contributed by atoms with Crippen LogP contribution in [-0.2, 0) is 6.54 Å². The van der Waals surface area contributed by atoms with Crippen LogP contribution in [-0.4, -0.2) is 29.1 Å². The van der Waals surface area contributed by atoms with Gasteiger partial charge in [0.25, 0.3) is 5.91 Å². The molecule has 8 heteroatoms. The summed E-state index contributed by atoms with van der Waals surface area (Å²) >= 11 is 7.66. The number of halogens is 1. The Balaban J connectivity index is 1.57. The number of amides is 1. The van der Waals surface area contributed by atoms with Gasteiger partial charge in [0, 0.05) is 16.8 Å². The lowest BCUT2D eigenvalue weighted by atomic mass is 10.1. The molecule has 0 radical (unpaired) electrons. The van der Waals surface area contributed by atoms with E-state index in [2.05, 4.69) is 4.98 Å². The molecular weight excluding hydrogens is 434 g/mol. The fourth-order valence-corrected chi connectivity index (χ4v) is 4.89. The molecule has 0 N–H and O–H groups in total. The zero-order chi connectivity index (χ0) is 21.4. The third kappa shape index (κ3) is 3.94. The van der Waals surface area contributed by atoms with E-state index in [0.29, 0.717) is 47.0 Å². The second kappa shape index (κ2) is 8.17. The average Bonchev–Trinajstić information content (AvgIpc) is 3.21. The highest BCUT2D eigenvalue weighted by molar-refractivity contribution is 7.22. The molecule has 5 rings (SSSR count). The van der Waals surface area contributed by atoms with E-state index in [1.165, 1.54) is 11.3 Å². The Morgan fingerprint density at radius 3 is 2.77 bits per heavy atom. The Morgan fingerprint density at radius 1 is 1.13 bits per heavy atom. The van der Waals surface area contributed by atoms with Gasteiger partial charge in [-0.3, -0.25) is 14.7 Å². The van der Waals surface area contributed by atoms with Crippen LogP contribution >= 0.6 is 22.9 Å². The van der Waals surface area contributed by atoms with Gasteiger partial charge < -0.3 is 9.47 Å². The predicted octanol–water partition coefficient (Wildman–Crippen LogP) is 5.27. The minimum Gasteiger partial charge on any atom is -0.486 e. The van der Waals surface area contributed by atoms with Crippen molar-refractivity contribution in [3.05, 3.63) is 76.6 Å². The highest BCUT2D eigenvalue weighted by Crippen LogP contribution is 2.36. The summed E-state index contributed by atoms with van der Waals surface area (Å²) in [5, 5.41) is 1.24. The van der Waals surface area contributed by atoms with E-state index in [4.69, 9.17) is 26.1 Å². The van der Waals surface area contributed by atoms with Crippen LogP contribution in [0.3, 0.4) is 0 Å². The van der Waals surface area contributed by atoms with Crippen molar-refractivity contribution in [2.45, 2.75) is 13.5 Å². The second-order valence-corrected chi connectivity index (χ2v) is 8.58. The van der Waals surface area contributed by atoms with E-state index in [0.717, 1.165) is 21.5 Å². The Morgan fingerprint density at radius 2 is 1.97 bits per heavy atom. The number of benzene rings is 2. The molecule has 2 aromatic carbocycles. The first-order valence-corrected chi connectivity index (χ1v) is 11.0. The highest BCUT2D eigenvalue weighted by Gasteiger charge is 2.24. The number of nitrogens with zero attached hydrogens (tertiary/aromatic N) is 3. The van der Waals surface area contributed by atoms with E-state index >= 15 is 0 Å². The van der Waals surface area contributed by atoms with Gasteiger partial charge in [0.2, 0.25) is 0 Å². The molecule has 4 aromatic rings. The summed E-state index contributed by atoms with van der Waals surface area (Å²) in [6.45, 7) is 3.21. The number of hydrogen-bond acceptors (Lipinski definition) is 6. The summed E-state index contributed by atoms with van der Waals surface area (Å²) in [6.07, 6.45) is 1.71. The first-order valence-electron chi connectivity index (χ1n) is 9.76. The van der Waals surface area contributed by atoms with Crippen molar-refractivity contribution in [2.24, 2.45) is 0 Å². The number of rotatable bonds is 4. The van der Waals surface area contributed by atoms with Gasteiger partial charge in [0.1, 0.15) is 13.2 Å². The number of carbonyl (C=O) groups is 1. The molecule has 0 atom stereocenters. The van der Waals surface area contributed by atoms with Crippen molar-refractivity contribution in [2.75, 3.05) is 18.1 Å². The molecular formula is C23H18ClN3O3S. The molecule has 0 saturated heterocycles. The van der Waals surface area contributed by atoms with E-state index in [1.54, 1.807) is 29.3 Å². The minimum atomic E-state index is -0.189. The van der Waals surface area contributed by atoms with Gasteiger partial charge in [-0.15, -0.1) is 0 Å². The molecule has 6 nitrogen and oxygen atoms in total. The van der Waals surface area contributed by atoms with Crippen LogP contribution in [0.25, 0.3) is 10.2 Å².